The summed E-state index contributed by atoms with van der Waals surface area (Å²) in [4.78, 5) is 25.2. The molecule has 120 valence electrons. The lowest BCUT2D eigenvalue weighted by atomic mass is 9.75. The highest BCUT2D eigenvalue weighted by Gasteiger charge is 2.61. The van der Waals surface area contributed by atoms with Gasteiger partial charge in [-0.2, -0.15) is 8.78 Å². The third-order valence-electron chi connectivity index (χ3n) is 3.86. The van der Waals surface area contributed by atoms with Crippen LogP contribution in [0.3, 0.4) is 0 Å². The van der Waals surface area contributed by atoms with Gasteiger partial charge in [0.25, 0.3) is 11.8 Å². The zero-order valence-electron chi connectivity index (χ0n) is 12.4. The van der Waals surface area contributed by atoms with E-state index < -0.39 is 23.3 Å². The lowest BCUT2D eigenvalue weighted by molar-refractivity contribution is -0.212. The van der Waals surface area contributed by atoms with Gasteiger partial charge in [0, 0.05) is 14.1 Å². The molecule has 0 heterocycles. The van der Waals surface area contributed by atoms with Crippen molar-refractivity contribution in [1.29, 1.82) is 0 Å². The lowest BCUT2D eigenvalue weighted by Gasteiger charge is -2.41. The summed E-state index contributed by atoms with van der Waals surface area (Å²) < 4.78 is 28.1. The quantitative estimate of drug-likeness (QED) is 0.892. The van der Waals surface area contributed by atoms with Crippen molar-refractivity contribution >= 4 is 17.5 Å². The summed E-state index contributed by atoms with van der Waals surface area (Å²) in [5.74, 6) is -5.92. The summed E-state index contributed by atoms with van der Waals surface area (Å²) in [6, 6.07) is 5.91. The Balaban J connectivity index is 2.24. The van der Waals surface area contributed by atoms with Gasteiger partial charge in [-0.05, 0) is 31.4 Å². The van der Waals surface area contributed by atoms with Crippen LogP contribution in [-0.2, 0) is 4.79 Å². The Morgan fingerprint density at radius 2 is 1.86 bits per heavy atom. The molecule has 0 aromatic heterocycles. The van der Waals surface area contributed by atoms with E-state index in [0.717, 1.165) is 0 Å². The highest BCUT2D eigenvalue weighted by Crippen LogP contribution is 2.44. The van der Waals surface area contributed by atoms with E-state index in [2.05, 4.69) is 5.32 Å². The van der Waals surface area contributed by atoms with Gasteiger partial charge in [-0.3, -0.25) is 9.59 Å². The molecule has 1 aliphatic carbocycles. The second-order valence-corrected chi connectivity index (χ2v) is 5.66. The van der Waals surface area contributed by atoms with Crippen molar-refractivity contribution in [1.82, 2.24) is 4.90 Å². The van der Waals surface area contributed by atoms with Crippen LogP contribution in [0.2, 0.25) is 0 Å². The highest BCUT2D eigenvalue weighted by atomic mass is 19.3. The summed E-state index contributed by atoms with van der Waals surface area (Å²) in [6.07, 6.45) is 0.215. The van der Waals surface area contributed by atoms with Crippen LogP contribution in [0.15, 0.2) is 24.3 Å². The van der Waals surface area contributed by atoms with Crippen LogP contribution in [0.25, 0.3) is 0 Å². The average molecular weight is 312 g/mol. The van der Waals surface area contributed by atoms with Crippen molar-refractivity contribution in [2.45, 2.75) is 30.8 Å². The first-order valence-electron chi connectivity index (χ1n) is 6.91. The number of alkyl halides is 2. The van der Waals surface area contributed by atoms with Crippen molar-refractivity contribution in [3.63, 3.8) is 0 Å². The maximum absolute atomic E-state index is 14.1. The Morgan fingerprint density at radius 1 is 1.27 bits per heavy atom. The van der Waals surface area contributed by atoms with E-state index in [1.807, 2.05) is 0 Å². The van der Waals surface area contributed by atoms with Crippen LogP contribution in [0, 0.1) is 0 Å². The summed E-state index contributed by atoms with van der Waals surface area (Å²) >= 11 is 0. The summed E-state index contributed by atoms with van der Waals surface area (Å²) in [6.45, 7) is 0. The van der Waals surface area contributed by atoms with E-state index in [1.54, 1.807) is 6.07 Å². The molecule has 0 unspecified atom stereocenters. The molecule has 2 amide bonds. The number of benzene rings is 1. The van der Waals surface area contributed by atoms with Crippen LogP contribution < -0.4 is 5.32 Å². The predicted molar refractivity (Wildman–Crippen MR) is 76.8 cm³/mol. The minimum absolute atomic E-state index is 0.00574. The Labute approximate surface area is 126 Å². The minimum atomic E-state index is -3.90. The fourth-order valence-corrected chi connectivity index (χ4v) is 2.26. The van der Waals surface area contributed by atoms with Crippen molar-refractivity contribution in [3.05, 3.63) is 29.8 Å². The molecule has 2 N–H and O–H groups in total. The summed E-state index contributed by atoms with van der Waals surface area (Å²) in [5, 5.41) is 11.8. The van der Waals surface area contributed by atoms with Crippen LogP contribution in [0.4, 0.5) is 14.5 Å². The van der Waals surface area contributed by atoms with E-state index in [-0.39, 0.29) is 24.1 Å². The largest absolute Gasteiger partial charge is 0.383 e. The van der Waals surface area contributed by atoms with Crippen molar-refractivity contribution in [2.24, 2.45) is 0 Å². The minimum Gasteiger partial charge on any atom is -0.383 e. The molecule has 0 spiro atoms. The number of halogens is 2. The molecule has 0 saturated heterocycles. The van der Waals surface area contributed by atoms with E-state index in [4.69, 9.17) is 0 Å². The molecule has 1 fully saturated rings. The molecule has 1 saturated carbocycles. The average Bonchev–Trinajstić information content (AvgIpc) is 2.44. The first-order chi connectivity index (χ1) is 10.2. The second-order valence-electron chi connectivity index (χ2n) is 5.66. The zero-order chi connectivity index (χ0) is 16.5. The van der Waals surface area contributed by atoms with Gasteiger partial charge < -0.3 is 15.3 Å². The number of carbonyl (C=O) groups is 2. The molecular formula is C15H18F2N2O3. The number of amides is 2. The van der Waals surface area contributed by atoms with Gasteiger partial charge in [0.1, 0.15) is 5.60 Å². The van der Waals surface area contributed by atoms with Crippen molar-refractivity contribution < 1.29 is 23.5 Å². The first-order valence-corrected chi connectivity index (χ1v) is 6.91. The topological polar surface area (TPSA) is 69.6 Å². The van der Waals surface area contributed by atoms with E-state index in [1.165, 1.54) is 37.2 Å². The molecule has 0 radical (unpaired) electrons. The van der Waals surface area contributed by atoms with Gasteiger partial charge >= 0.3 is 5.92 Å². The number of anilines is 1. The van der Waals surface area contributed by atoms with Crippen LogP contribution in [-0.4, -0.2) is 47.4 Å². The van der Waals surface area contributed by atoms with Crippen LogP contribution >= 0.6 is 0 Å². The molecule has 1 aliphatic rings. The Bertz CT molecular complexity index is 598. The maximum Gasteiger partial charge on any atom is 0.352 e. The molecule has 0 atom stereocenters. The Morgan fingerprint density at radius 3 is 2.36 bits per heavy atom. The number of para-hydroxylation sites is 1. The summed E-state index contributed by atoms with van der Waals surface area (Å²) in [5.41, 5.74) is -2.19. The van der Waals surface area contributed by atoms with Crippen LogP contribution in [0.1, 0.15) is 29.6 Å². The first kappa shape index (κ1) is 16.4. The van der Waals surface area contributed by atoms with Gasteiger partial charge in [0.15, 0.2) is 0 Å². The van der Waals surface area contributed by atoms with E-state index >= 15 is 0 Å². The van der Waals surface area contributed by atoms with E-state index in [9.17, 15) is 23.5 Å². The molecule has 0 bridgehead atoms. The van der Waals surface area contributed by atoms with Gasteiger partial charge in [0.05, 0.1) is 11.3 Å². The fraction of sp³-hybridized carbons (Fsp3) is 0.467. The van der Waals surface area contributed by atoms with Crippen molar-refractivity contribution in [3.8, 4) is 0 Å². The third-order valence-corrected chi connectivity index (χ3v) is 3.86. The van der Waals surface area contributed by atoms with Gasteiger partial charge in [-0.15, -0.1) is 0 Å². The number of nitrogens with zero attached hydrogens (tertiary/aromatic N) is 1. The monoisotopic (exact) mass is 312 g/mol. The maximum atomic E-state index is 14.1. The Hall–Kier alpha value is -2.02. The molecule has 7 heteroatoms. The highest BCUT2D eigenvalue weighted by molar-refractivity contribution is 6.05. The van der Waals surface area contributed by atoms with Gasteiger partial charge in [-0.25, -0.2) is 0 Å². The zero-order valence-corrected chi connectivity index (χ0v) is 12.4. The standard InChI is InChI=1S/C15H18F2N2O3/c1-19(2)12(20)10-6-3-4-7-11(10)18-13(21)15(16,17)14(22)8-5-9-14/h3-4,6-7,22H,5,8-9H2,1-2H3,(H,18,21). The summed E-state index contributed by atoms with van der Waals surface area (Å²) in [7, 11) is 3.04. The SMILES string of the molecule is CN(C)C(=O)c1ccccc1NC(=O)C(F)(F)C1(O)CCC1. The van der Waals surface area contributed by atoms with Gasteiger partial charge in [0.2, 0.25) is 0 Å². The predicted octanol–water partition coefficient (Wildman–Crippen LogP) is 1.88. The van der Waals surface area contributed by atoms with E-state index in [0.29, 0.717) is 6.42 Å². The molecule has 5 nitrogen and oxygen atoms in total. The number of hydrogen-bond acceptors (Lipinski definition) is 3. The third kappa shape index (κ3) is 2.68. The van der Waals surface area contributed by atoms with Crippen molar-refractivity contribution in [2.75, 3.05) is 19.4 Å². The number of hydrogen-bond donors (Lipinski definition) is 2. The lowest BCUT2D eigenvalue weighted by Crippen LogP contribution is -2.59. The van der Waals surface area contributed by atoms with Crippen LogP contribution in [0.5, 0.6) is 0 Å². The fourth-order valence-electron chi connectivity index (χ4n) is 2.26. The normalized spacial score (nSPS) is 16.6. The number of aliphatic hydroxyl groups is 1. The second kappa shape index (κ2) is 5.64. The molecule has 2 rings (SSSR count). The number of rotatable bonds is 4. The molecular weight excluding hydrogens is 294 g/mol. The Kier molecular flexibility index (Phi) is 4.19. The smallest absolute Gasteiger partial charge is 0.352 e. The number of nitrogens with one attached hydrogen (secondary N) is 1. The molecule has 1 aromatic carbocycles. The molecule has 1 aromatic rings. The van der Waals surface area contributed by atoms with Gasteiger partial charge in [-0.1, -0.05) is 12.1 Å². The molecule has 0 aliphatic heterocycles. The molecule has 22 heavy (non-hydrogen) atoms. The number of carbonyl (C=O) groups excluding carboxylic acids is 2.